The Kier molecular flexibility index (Phi) is 2.28. The lowest BCUT2D eigenvalue weighted by Gasteiger charge is -2.44. The minimum atomic E-state index is -0.608. The summed E-state index contributed by atoms with van der Waals surface area (Å²) in [7, 11) is 1.63. The summed E-state index contributed by atoms with van der Waals surface area (Å²) in [6.07, 6.45) is 2.48. The Labute approximate surface area is 61.2 Å². The van der Waals surface area contributed by atoms with E-state index < -0.39 is 5.60 Å². The van der Waals surface area contributed by atoms with E-state index in [1.54, 1.807) is 7.11 Å². The Balaban J connectivity index is 2.36. The van der Waals surface area contributed by atoms with Gasteiger partial charge in [0.05, 0.1) is 11.7 Å². The van der Waals surface area contributed by atoms with Gasteiger partial charge in [0.2, 0.25) is 0 Å². The summed E-state index contributed by atoms with van der Waals surface area (Å²) in [5, 5.41) is 9.66. The lowest BCUT2D eigenvalue weighted by Crippen LogP contribution is -2.53. The van der Waals surface area contributed by atoms with E-state index in [2.05, 4.69) is 0 Å². The second-order valence-corrected chi connectivity index (χ2v) is 2.91. The van der Waals surface area contributed by atoms with Gasteiger partial charge in [0.15, 0.2) is 0 Å². The fraction of sp³-hybridized carbons (Fsp3) is 1.00. The third-order valence-corrected chi connectivity index (χ3v) is 2.30. The van der Waals surface area contributed by atoms with Gasteiger partial charge in [-0.05, 0) is 25.8 Å². The average molecular weight is 145 g/mol. The zero-order chi connectivity index (χ0) is 7.61. The van der Waals surface area contributed by atoms with Gasteiger partial charge in [0.1, 0.15) is 0 Å². The van der Waals surface area contributed by atoms with Crippen LogP contribution >= 0.6 is 0 Å². The minimum Gasteiger partial charge on any atom is -0.387 e. The van der Waals surface area contributed by atoms with Gasteiger partial charge >= 0.3 is 0 Å². The van der Waals surface area contributed by atoms with Crippen LogP contribution in [0.15, 0.2) is 0 Å². The van der Waals surface area contributed by atoms with Gasteiger partial charge < -0.3 is 15.6 Å². The Morgan fingerprint density at radius 2 is 2.50 bits per heavy atom. The predicted molar refractivity (Wildman–Crippen MR) is 38.7 cm³/mol. The van der Waals surface area contributed by atoms with Crippen molar-refractivity contribution in [3.8, 4) is 0 Å². The molecule has 0 aromatic heterocycles. The van der Waals surface area contributed by atoms with Crippen LogP contribution in [-0.4, -0.2) is 30.5 Å². The molecule has 1 fully saturated rings. The molecule has 0 spiro atoms. The summed E-state index contributed by atoms with van der Waals surface area (Å²) in [6, 6.07) is 0. The molecular formula is C7H15NO2. The molecule has 3 heteroatoms. The lowest BCUT2D eigenvalue weighted by molar-refractivity contribution is -0.161. The highest BCUT2D eigenvalue weighted by Crippen LogP contribution is 2.36. The highest BCUT2D eigenvalue weighted by atomic mass is 16.5. The van der Waals surface area contributed by atoms with Crippen molar-refractivity contribution in [1.29, 1.82) is 0 Å². The topological polar surface area (TPSA) is 55.5 Å². The summed E-state index contributed by atoms with van der Waals surface area (Å²) in [5.74, 6) is 0. The largest absolute Gasteiger partial charge is 0.387 e. The van der Waals surface area contributed by atoms with Crippen molar-refractivity contribution < 1.29 is 9.84 Å². The number of nitrogens with two attached hydrogens (primary N) is 1. The van der Waals surface area contributed by atoms with Crippen LogP contribution in [-0.2, 0) is 4.74 Å². The van der Waals surface area contributed by atoms with Crippen molar-refractivity contribution in [3.05, 3.63) is 0 Å². The molecule has 0 radical (unpaired) electrons. The molecule has 0 aromatic rings. The number of ether oxygens (including phenoxy) is 1. The maximum absolute atomic E-state index is 9.66. The first-order chi connectivity index (χ1) is 4.73. The molecule has 1 saturated carbocycles. The molecule has 0 bridgehead atoms. The Bertz CT molecular complexity index is 116. The highest BCUT2D eigenvalue weighted by Gasteiger charge is 2.44. The Hall–Kier alpha value is -0.120. The van der Waals surface area contributed by atoms with Crippen LogP contribution in [0.2, 0.25) is 0 Å². The van der Waals surface area contributed by atoms with Gasteiger partial charge in [0.25, 0.3) is 0 Å². The van der Waals surface area contributed by atoms with Crippen LogP contribution in [0.5, 0.6) is 0 Å². The van der Waals surface area contributed by atoms with E-state index in [0.717, 1.165) is 12.8 Å². The van der Waals surface area contributed by atoms with Crippen molar-refractivity contribution in [2.75, 3.05) is 13.7 Å². The zero-order valence-electron chi connectivity index (χ0n) is 6.34. The molecular weight excluding hydrogens is 130 g/mol. The Morgan fingerprint density at radius 3 is 2.80 bits per heavy atom. The van der Waals surface area contributed by atoms with Crippen LogP contribution in [0.3, 0.4) is 0 Å². The number of aliphatic hydroxyl groups is 1. The highest BCUT2D eigenvalue weighted by molar-refractivity contribution is 4.97. The monoisotopic (exact) mass is 145 g/mol. The van der Waals surface area contributed by atoms with Crippen LogP contribution in [0, 0.1) is 0 Å². The normalized spacial score (nSPS) is 39.3. The molecule has 2 atom stereocenters. The summed E-state index contributed by atoms with van der Waals surface area (Å²) in [4.78, 5) is 0. The summed E-state index contributed by atoms with van der Waals surface area (Å²) in [6.45, 7) is 0.538. The van der Waals surface area contributed by atoms with Crippen LogP contribution in [0.25, 0.3) is 0 Å². The molecule has 0 aromatic carbocycles. The van der Waals surface area contributed by atoms with Crippen LogP contribution in [0.4, 0.5) is 0 Å². The van der Waals surface area contributed by atoms with Gasteiger partial charge in [-0.3, -0.25) is 0 Å². The van der Waals surface area contributed by atoms with E-state index in [4.69, 9.17) is 10.5 Å². The fourth-order valence-electron chi connectivity index (χ4n) is 1.47. The van der Waals surface area contributed by atoms with Gasteiger partial charge in [0, 0.05) is 7.11 Å². The van der Waals surface area contributed by atoms with Gasteiger partial charge in [-0.2, -0.15) is 0 Å². The molecule has 0 saturated heterocycles. The number of hydrogen-bond acceptors (Lipinski definition) is 3. The number of methoxy groups -OCH3 is 1. The standard InChI is InChI=1S/C7H15NO2/c1-10-6-2-3-7(6,9)4-5-8/h6,9H,2-5,8H2,1H3. The predicted octanol–water partition coefficient (Wildman–Crippen LogP) is -0.125. The molecule has 2 unspecified atom stereocenters. The minimum absolute atomic E-state index is 0.0241. The third-order valence-electron chi connectivity index (χ3n) is 2.30. The first kappa shape index (κ1) is 7.98. The quantitative estimate of drug-likeness (QED) is 0.582. The fourth-order valence-corrected chi connectivity index (χ4v) is 1.47. The first-order valence-corrected chi connectivity index (χ1v) is 3.68. The van der Waals surface area contributed by atoms with E-state index in [1.165, 1.54) is 0 Å². The molecule has 60 valence electrons. The van der Waals surface area contributed by atoms with E-state index in [9.17, 15) is 5.11 Å². The first-order valence-electron chi connectivity index (χ1n) is 3.68. The molecule has 1 rings (SSSR count). The van der Waals surface area contributed by atoms with E-state index in [-0.39, 0.29) is 6.10 Å². The molecule has 1 aliphatic carbocycles. The third kappa shape index (κ3) is 1.17. The van der Waals surface area contributed by atoms with Crippen molar-refractivity contribution in [2.45, 2.75) is 31.0 Å². The molecule has 0 heterocycles. The van der Waals surface area contributed by atoms with Crippen molar-refractivity contribution >= 4 is 0 Å². The van der Waals surface area contributed by atoms with Gasteiger partial charge in [-0.1, -0.05) is 0 Å². The molecule has 3 N–H and O–H groups in total. The summed E-state index contributed by atoms with van der Waals surface area (Å²) in [5.41, 5.74) is 4.72. The molecule has 0 aliphatic heterocycles. The molecule has 10 heavy (non-hydrogen) atoms. The average Bonchev–Trinajstić information content (AvgIpc) is 1.88. The Morgan fingerprint density at radius 1 is 1.80 bits per heavy atom. The van der Waals surface area contributed by atoms with Crippen molar-refractivity contribution in [1.82, 2.24) is 0 Å². The summed E-state index contributed by atoms with van der Waals surface area (Å²) >= 11 is 0. The van der Waals surface area contributed by atoms with Gasteiger partial charge in [-0.25, -0.2) is 0 Å². The van der Waals surface area contributed by atoms with Crippen molar-refractivity contribution in [2.24, 2.45) is 5.73 Å². The van der Waals surface area contributed by atoms with Crippen LogP contribution in [0.1, 0.15) is 19.3 Å². The lowest BCUT2D eigenvalue weighted by atomic mass is 9.75. The van der Waals surface area contributed by atoms with Crippen LogP contribution < -0.4 is 5.73 Å². The number of hydrogen-bond donors (Lipinski definition) is 2. The maximum Gasteiger partial charge on any atom is 0.0921 e. The van der Waals surface area contributed by atoms with E-state index in [0.29, 0.717) is 13.0 Å². The zero-order valence-corrected chi connectivity index (χ0v) is 6.34. The number of rotatable bonds is 3. The molecule has 3 nitrogen and oxygen atoms in total. The van der Waals surface area contributed by atoms with Gasteiger partial charge in [-0.15, -0.1) is 0 Å². The van der Waals surface area contributed by atoms with E-state index in [1.807, 2.05) is 0 Å². The van der Waals surface area contributed by atoms with Crippen molar-refractivity contribution in [3.63, 3.8) is 0 Å². The SMILES string of the molecule is COC1CCC1(O)CCN. The molecule has 1 aliphatic rings. The maximum atomic E-state index is 9.66. The van der Waals surface area contributed by atoms with E-state index >= 15 is 0 Å². The summed E-state index contributed by atoms with van der Waals surface area (Å²) < 4.78 is 5.05. The smallest absolute Gasteiger partial charge is 0.0921 e. The molecule has 0 amide bonds. The second-order valence-electron chi connectivity index (χ2n) is 2.91. The second kappa shape index (κ2) is 2.86.